The SMILES string of the molecule is CNc1nc2cnc(Nc3cc(C(F)(F)F)ccc3F)cc2n1CCOC. The number of nitrogens with one attached hydrogen (secondary N) is 2. The first-order chi connectivity index (χ1) is 12.8. The Kier molecular flexibility index (Phi) is 5.17. The van der Waals surface area contributed by atoms with E-state index in [4.69, 9.17) is 4.74 Å². The van der Waals surface area contributed by atoms with Crippen LogP contribution in [0.1, 0.15) is 5.56 Å². The third-order valence-corrected chi connectivity index (χ3v) is 3.93. The van der Waals surface area contributed by atoms with Gasteiger partial charge in [-0.15, -0.1) is 0 Å². The molecule has 0 saturated heterocycles. The van der Waals surface area contributed by atoms with Crippen LogP contribution in [0.3, 0.4) is 0 Å². The van der Waals surface area contributed by atoms with Crippen molar-refractivity contribution in [3.05, 3.63) is 41.8 Å². The molecular weight excluding hydrogens is 366 g/mol. The number of benzene rings is 1. The third-order valence-electron chi connectivity index (χ3n) is 3.93. The lowest BCUT2D eigenvalue weighted by Gasteiger charge is -2.12. The van der Waals surface area contributed by atoms with Crippen LogP contribution in [0, 0.1) is 5.82 Å². The highest BCUT2D eigenvalue weighted by molar-refractivity contribution is 5.81. The van der Waals surface area contributed by atoms with Crippen LogP contribution in [-0.4, -0.2) is 35.3 Å². The fourth-order valence-corrected chi connectivity index (χ4v) is 2.63. The van der Waals surface area contributed by atoms with Gasteiger partial charge in [0.25, 0.3) is 0 Å². The number of aromatic nitrogens is 3. The second-order valence-electron chi connectivity index (χ2n) is 5.71. The number of imidazole rings is 1. The zero-order valence-corrected chi connectivity index (χ0v) is 14.6. The Morgan fingerprint density at radius 2 is 2.00 bits per heavy atom. The van der Waals surface area contributed by atoms with Crippen LogP contribution in [-0.2, 0) is 17.5 Å². The number of rotatable bonds is 6. The first-order valence-corrected chi connectivity index (χ1v) is 8.00. The highest BCUT2D eigenvalue weighted by Gasteiger charge is 2.31. The molecule has 2 aromatic heterocycles. The van der Waals surface area contributed by atoms with Gasteiger partial charge in [0, 0.05) is 26.8 Å². The lowest BCUT2D eigenvalue weighted by atomic mass is 10.2. The van der Waals surface area contributed by atoms with Crippen molar-refractivity contribution in [1.29, 1.82) is 0 Å². The molecule has 0 amide bonds. The number of pyridine rings is 1. The molecule has 3 rings (SSSR count). The Morgan fingerprint density at radius 3 is 2.67 bits per heavy atom. The number of nitrogens with zero attached hydrogens (tertiary/aromatic N) is 3. The smallest absolute Gasteiger partial charge is 0.383 e. The maximum absolute atomic E-state index is 14.0. The highest BCUT2D eigenvalue weighted by atomic mass is 19.4. The first-order valence-electron chi connectivity index (χ1n) is 8.00. The topological polar surface area (TPSA) is 64.0 Å². The van der Waals surface area contributed by atoms with Gasteiger partial charge in [0.05, 0.1) is 29.6 Å². The molecule has 0 aliphatic heterocycles. The Morgan fingerprint density at radius 1 is 1.22 bits per heavy atom. The fraction of sp³-hybridized carbons (Fsp3) is 0.294. The first kappa shape index (κ1) is 18.9. The van der Waals surface area contributed by atoms with E-state index in [1.54, 1.807) is 20.2 Å². The van der Waals surface area contributed by atoms with E-state index in [1.807, 2.05) is 4.57 Å². The average Bonchev–Trinajstić information content (AvgIpc) is 2.98. The number of hydrogen-bond donors (Lipinski definition) is 2. The largest absolute Gasteiger partial charge is 0.416 e. The Labute approximate surface area is 152 Å². The van der Waals surface area contributed by atoms with E-state index < -0.39 is 17.6 Å². The van der Waals surface area contributed by atoms with E-state index >= 15 is 0 Å². The number of methoxy groups -OCH3 is 1. The molecule has 10 heteroatoms. The van der Waals surface area contributed by atoms with E-state index in [9.17, 15) is 17.6 Å². The van der Waals surface area contributed by atoms with E-state index in [0.29, 0.717) is 42.3 Å². The van der Waals surface area contributed by atoms with E-state index in [-0.39, 0.29) is 11.5 Å². The van der Waals surface area contributed by atoms with Crippen molar-refractivity contribution in [2.45, 2.75) is 12.7 Å². The summed E-state index contributed by atoms with van der Waals surface area (Å²) in [5.74, 6) is -0.0260. The van der Waals surface area contributed by atoms with Crippen LogP contribution >= 0.6 is 0 Å². The molecule has 6 nitrogen and oxygen atoms in total. The van der Waals surface area contributed by atoms with Gasteiger partial charge in [-0.25, -0.2) is 14.4 Å². The van der Waals surface area contributed by atoms with Gasteiger partial charge < -0.3 is 19.9 Å². The summed E-state index contributed by atoms with van der Waals surface area (Å²) < 4.78 is 59.5. The van der Waals surface area contributed by atoms with Crippen molar-refractivity contribution in [1.82, 2.24) is 14.5 Å². The molecular formula is C17H17F4N5O. The van der Waals surface area contributed by atoms with Crippen molar-refractivity contribution in [3.8, 4) is 0 Å². The highest BCUT2D eigenvalue weighted by Crippen LogP contribution is 2.33. The second kappa shape index (κ2) is 7.39. The molecule has 0 fully saturated rings. The van der Waals surface area contributed by atoms with E-state index in [1.165, 1.54) is 6.20 Å². The molecule has 2 heterocycles. The molecule has 1 aromatic carbocycles. The molecule has 0 saturated carbocycles. The molecule has 3 aromatic rings. The standard InChI is InChI=1S/C17H17F4N5O/c1-22-16-25-13-9-23-15(8-14(13)26(16)5-6-27-2)24-12-7-10(17(19,20)21)3-4-11(12)18/h3-4,7-9H,5-6H2,1-2H3,(H,22,25)(H,23,24). The fourth-order valence-electron chi connectivity index (χ4n) is 2.63. The second-order valence-corrected chi connectivity index (χ2v) is 5.71. The van der Waals surface area contributed by atoms with Gasteiger partial charge in [0.2, 0.25) is 5.95 Å². The molecule has 27 heavy (non-hydrogen) atoms. The minimum absolute atomic E-state index is 0.196. The molecule has 0 spiro atoms. The van der Waals surface area contributed by atoms with Gasteiger partial charge >= 0.3 is 6.18 Å². The van der Waals surface area contributed by atoms with Crippen LogP contribution < -0.4 is 10.6 Å². The van der Waals surface area contributed by atoms with Crippen molar-refractivity contribution in [3.63, 3.8) is 0 Å². The summed E-state index contributed by atoms with van der Waals surface area (Å²) in [5, 5.41) is 5.57. The van der Waals surface area contributed by atoms with Crippen LogP contribution in [0.5, 0.6) is 0 Å². The van der Waals surface area contributed by atoms with Crippen LogP contribution in [0.4, 0.5) is 35.0 Å². The van der Waals surface area contributed by atoms with Gasteiger partial charge in [0.1, 0.15) is 17.2 Å². The predicted octanol–water partition coefficient (Wildman–Crippen LogP) is 4.02. The van der Waals surface area contributed by atoms with Crippen molar-refractivity contribution >= 4 is 28.5 Å². The molecule has 144 valence electrons. The van der Waals surface area contributed by atoms with Crippen molar-refractivity contribution < 1.29 is 22.3 Å². The zero-order valence-electron chi connectivity index (χ0n) is 14.6. The van der Waals surface area contributed by atoms with E-state index in [2.05, 4.69) is 20.6 Å². The van der Waals surface area contributed by atoms with Gasteiger partial charge in [-0.2, -0.15) is 13.2 Å². The van der Waals surface area contributed by atoms with Gasteiger partial charge in [0.15, 0.2) is 0 Å². The number of fused-ring (bicyclic) bond motifs is 1. The summed E-state index contributed by atoms with van der Waals surface area (Å²) in [6.45, 7) is 0.942. The monoisotopic (exact) mass is 383 g/mol. The van der Waals surface area contributed by atoms with Gasteiger partial charge in [-0.05, 0) is 18.2 Å². The minimum atomic E-state index is -4.57. The molecule has 0 aliphatic carbocycles. The van der Waals surface area contributed by atoms with Gasteiger partial charge in [-0.3, -0.25) is 0 Å². The van der Waals surface area contributed by atoms with Crippen molar-refractivity contribution in [2.75, 3.05) is 31.4 Å². The number of alkyl halides is 3. The normalized spacial score (nSPS) is 11.8. The summed E-state index contributed by atoms with van der Waals surface area (Å²) in [6.07, 6.45) is -3.10. The summed E-state index contributed by atoms with van der Waals surface area (Å²) >= 11 is 0. The van der Waals surface area contributed by atoms with Gasteiger partial charge in [-0.1, -0.05) is 0 Å². The summed E-state index contributed by atoms with van der Waals surface area (Å²) in [5.41, 5.74) is 0.00959. The Bertz CT molecular complexity index is 954. The van der Waals surface area contributed by atoms with Crippen LogP contribution in [0.15, 0.2) is 30.5 Å². The number of halogens is 4. The average molecular weight is 383 g/mol. The Hall–Kier alpha value is -2.88. The number of ether oxygens (including phenoxy) is 1. The quantitative estimate of drug-likeness (QED) is 0.630. The van der Waals surface area contributed by atoms with Crippen molar-refractivity contribution in [2.24, 2.45) is 0 Å². The molecule has 0 unspecified atom stereocenters. The maximum atomic E-state index is 14.0. The molecule has 0 bridgehead atoms. The van der Waals surface area contributed by atoms with Crippen LogP contribution in [0.25, 0.3) is 11.0 Å². The molecule has 2 N–H and O–H groups in total. The molecule has 0 atom stereocenters. The third kappa shape index (κ3) is 3.95. The summed E-state index contributed by atoms with van der Waals surface area (Å²) in [7, 11) is 3.29. The summed E-state index contributed by atoms with van der Waals surface area (Å²) in [4.78, 5) is 8.49. The zero-order chi connectivity index (χ0) is 19.6. The number of anilines is 3. The minimum Gasteiger partial charge on any atom is -0.383 e. The maximum Gasteiger partial charge on any atom is 0.416 e. The Balaban J connectivity index is 1.98. The van der Waals surface area contributed by atoms with Crippen LogP contribution in [0.2, 0.25) is 0 Å². The lowest BCUT2D eigenvalue weighted by Crippen LogP contribution is -2.08. The molecule has 0 radical (unpaired) electrons. The van der Waals surface area contributed by atoms with E-state index in [0.717, 1.165) is 6.07 Å². The lowest BCUT2D eigenvalue weighted by molar-refractivity contribution is -0.137. The predicted molar refractivity (Wildman–Crippen MR) is 93.6 cm³/mol. The molecule has 0 aliphatic rings. The number of hydrogen-bond acceptors (Lipinski definition) is 5. The summed E-state index contributed by atoms with van der Waals surface area (Å²) in [6, 6.07) is 3.77.